The third-order valence-electron chi connectivity index (χ3n) is 3.29. The Bertz CT molecular complexity index is 1610. The summed E-state index contributed by atoms with van der Waals surface area (Å²) in [5.74, 6) is 0. The quantitative estimate of drug-likeness (QED) is 0.137. The number of para-hydroxylation sites is 1. The van der Waals surface area contributed by atoms with Crippen LogP contribution in [-0.4, -0.2) is 10.7 Å². The summed E-state index contributed by atoms with van der Waals surface area (Å²) >= 11 is 0. The fourth-order valence-corrected chi connectivity index (χ4v) is 2.04. The molecule has 0 aliphatic rings. The number of pyridine rings is 1. The number of nitrogens with zero attached hydrogens (tertiary/aromatic N) is 2. The Morgan fingerprint density at radius 2 is 1.94 bits per heavy atom. The van der Waals surface area contributed by atoms with Crippen LogP contribution in [0.2, 0.25) is 0 Å². The van der Waals surface area contributed by atoms with Crippen molar-refractivity contribution in [3.63, 3.8) is 0 Å². The maximum Gasteiger partial charge on any atom is 3.00 e. The Balaban J connectivity index is 0.000000538. The van der Waals surface area contributed by atoms with Crippen molar-refractivity contribution < 1.29 is 36.9 Å². The first kappa shape index (κ1) is 15.3. The fourth-order valence-electron chi connectivity index (χ4n) is 2.04. The van der Waals surface area contributed by atoms with Crippen molar-refractivity contribution in [3.05, 3.63) is 146 Å². The van der Waals surface area contributed by atoms with Gasteiger partial charge in [0.05, 0.1) is 13.8 Å². The minimum atomic E-state index is -0.816. The van der Waals surface area contributed by atoms with Gasteiger partial charge in [0.15, 0.2) is 0 Å². The van der Waals surface area contributed by atoms with E-state index in [4.69, 9.17) is 16.8 Å². The summed E-state index contributed by atoms with van der Waals surface area (Å²) in [5.41, 5.74) is -1.70. The Morgan fingerprint density at radius 1 is 1.16 bits per heavy atom. The maximum absolute atomic E-state index is 10.3. The summed E-state index contributed by atoms with van der Waals surface area (Å²) in [5, 5.41) is 10.1. The smallest absolute Gasteiger partial charge is 0.855 e. The van der Waals surface area contributed by atoms with Crippen molar-refractivity contribution in [1.29, 1.82) is 0 Å². The first-order valence-electron chi connectivity index (χ1n) is 13.4. The molecule has 0 aliphatic heterocycles. The Labute approximate surface area is 215 Å². The predicted octanol–water partition coefficient (Wildman–Crippen LogP) is 7.28. The zero-order valence-corrected chi connectivity index (χ0v) is 19.2. The number of benzene rings is 2. The van der Waals surface area contributed by atoms with Crippen molar-refractivity contribution in [2.75, 3.05) is 0 Å². The number of aromatic nitrogens is 1. The number of allylic oxidation sites excluding steroid dienone is 7. The SMILES string of the molecule is C=C[C-]=CC=C.[2H]C=C/C([2H])=C(/[2H])C(=[N-])c1[c-]c([2H])c2c(oc3c([2H])c([2H])c([2H])c([2H])c32)c1[2H].[Ir+3].c1ccncc1. The summed E-state index contributed by atoms with van der Waals surface area (Å²) in [6, 6.07) is 4.16. The van der Waals surface area contributed by atoms with Crippen LogP contribution >= 0.6 is 0 Å². The van der Waals surface area contributed by atoms with Gasteiger partial charge in [-0.05, 0) is 23.6 Å². The Kier molecular flexibility index (Phi) is 7.27. The van der Waals surface area contributed by atoms with Crippen molar-refractivity contribution in [3.8, 4) is 0 Å². The van der Waals surface area contributed by atoms with Crippen LogP contribution in [0.4, 0.5) is 0 Å². The van der Waals surface area contributed by atoms with Crippen LogP contribution < -0.4 is 0 Å². The molecule has 4 aromatic rings. The molecule has 0 radical (unpaired) electrons. The van der Waals surface area contributed by atoms with Crippen LogP contribution in [-0.2, 0) is 20.1 Å². The Morgan fingerprint density at radius 3 is 2.53 bits per heavy atom. The van der Waals surface area contributed by atoms with Gasteiger partial charge in [-0.2, -0.15) is 43.0 Å². The van der Waals surface area contributed by atoms with Gasteiger partial charge in [-0.3, -0.25) is 4.98 Å². The zero-order chi connectivity index (χ0) is 30.0. The molecule has 0 aliphatic carbocycles. The molecule has 2 aromatic carbocycles. The van der Waals surface area contributed by atoms with E-state index in [1.165, 1.54) is 0 Å². The van der Waals surface area contributed by atoms with E-state index in [9.17, 15) is 5.41 Å². The summed E-state index contributed by atoms with van der Waals surface area (Å²) < 4.78 is 75.7. The molecule has 0 amide bonds. The van der Waals surface area contributed by atoms with Gasteiger partial charge in [0.25, 0.3) is 0 Å². The molecule has 2 aromatic heterocycles. The molecular weight excluding hydrogens is 573 g/mol. The van der Waals surface area contributed by atoms with Gasteiger partial charge >= 0.3 is 20.1 Å². The van der Waals surface area contributed by atoms with Gasteiger partial charge in [0.2, 0.25) is 0 Å². The van der Waals surface area contributed by atoms with Gasteiger partial charge < -0.3 is 9.83 Å². The monoisotopic (exact) mass is 605 g/mol. The van der Waals surface area contributed by atoms with Gasteiger partial charge in [-0.25, -0.2) is 5.71 Å². The average Bonchev–Trinajstić information content (AvgIpc) is 3.38. The molecule has 0 saturated heterocycles. The van der Waals surface area contributed by atoms with Crippen LogP contribution in [0.5, 0.6) is 0 Å². The summed E-state index contributed by atoms with van der Waals surface area (Å²) in [4.78, 5) is 3.78. The van der Waals surface area contributed by atoms with E-state index in [0.29, 0.717) is 0 Å². The molecule has 0 N–H and O–H groups in total. The van der Waals surface area contributed by atoms with Crippen LogP contribution in [0.15, 0.2) is 127 Å². The third-order valence-corrected chi connectivity index (χ3v) is 3.29. The van der Waals surface area contributed by atoms with E-state index in [0.717, 1.165) is 12.6 Å². The van der Waals surface area contributed by atoms with Crippen molar-refractivity contribution >= 4 is 27.7 Å². The molecule has 0 unspecified atom stereocenters. The normalized spacial score (nSPS) is 14.8. The van der Waals surface area contributed by atoms with E-state index in [2.05, 4.69) is 30.3 Å². The number of furan rings is 1. The first-order valence-corrected chi connectivity index (χ1v) is 8.83. The fraction of sp³-hybridized carbons (Fsp3) is 0. The zero-order valence-electron chi connectivity index (χ0n) is 25.8. The molecule has 0 bridgehead atoms. The molecule has 160 valence electrons. The Hall–Kier alpha value is -3.59. The van der Waals surface area contributed by atoms with Crippen molar-refractivity contribution in [1.82, 2.24) is 4.98 Å². The molecule has 0 saturated carbocycles. The molecule has 4 rings (SSSR count). The summed E-state index contributed by atoms with van der Waals surface area (Å²) in [7, 11) is 0. The van der Waals surface area contributed by atoms with Gasteiger partial charge in [-0.1, -0.05) is 48.3 Å². The van der Waals surface area contributed by atoms with E-state index >= 15 is 0 Å². The van der Waals surface area contributed by atoms with Crippen molar-refractivity contribution in [2.45, 2.75) is 0 Å². The second kappa shape index (κ2) is 15.2. The molecular formula is C28H23IrN2O. The van der Waals surface area contributed by atoms with E-state index < -0.39 is 54.1 Å². The van der Waals surface area contributed by atoms with Gasteiger partial charge in [0, 0.05) is 16.5 Å². The molecule has 4 heteroatoms. The molecule has 0 fully saturated rings. The van der Waals surface area contributed by atoms with Crippen LogP contribution in [0, 0.1) is 12.1 Å². The number of fused-ring (bicyclic) bond motifs is 3. The average molecular weight is 605 g/mol. The maximum atomic E-state index is 10.3. The van der Waals surface area contributed by atoms with E-state index in [-0.39, 0.29) is 47.6 Å². The molecule has 2 heterocycles. The summed E-state index contributed by atoms with van der Waals surface area (Å²) in [6.07, 6.45) is 12.1. The topological polar surface area (TPSA) is 48.3 Å². The van der Waals surface area contributed by atoms with E-state index in [1.807, 2.05) is 18.2 Å². The molecule has 0 atom stereocenters. The standard InChI is InChI=1S/C17H11NO.C6H7.C5H5N.Ir/c1-2-3-7-15(18)12-9-10-14-13-6-4-5-8-16(13)19-17(14)11-12;1-3-5-6-4-2;1-2-4-6-5-3-1;/h2-8,10-11H,1H2;3-5H,1-2H2;1-5H;/q-2;-1;;+3/b7-3-;;;/i1D,3D,4D,5D,6D,7D,8D,10D,11D;;;/b2-1?,7-3-;;;. The van der Waals surface area contributed by atoms with Gasteiger partial charge in [-0.15, -0.1) is 24.2 Å². The predicted molar refractivity (Wildman–Crippen MR) is 132 cm³/mol. The minimum Gasteiger partial charge on any atom is -0.855 e. The van der Waals surface area contributed by atoms with Crippen molar-refractivity contribution in [2.24, 2.45) is 0 Å². The number of hydrogen-bond donors (Lipinski definition) is 0. The van der Waals surface area contributed by atoms with E-state index in [1.54, 1.807) is 30.6 Å². The number of hydrogen-bond acceptors (Lipinski definition) is 2. The van der Waals surface area contributed by atoms with Gasteiger partial charge in [0.1, 0.15) is 5.58 Å². The van der Waals surface area contributed by atoms with Crippen LogP contribution in [0.1, 0.15) is 17.9 Å². The third kappa shape index (κ3) is 8.27. The second-order valence-electron chi connectivity index (χ2n) is 5.34. The van der Waals surface area contributed by atoms with Crippen LogP contribution in [0.25, 0.3) is 27.3 Å². The molecule has 32 heavy (non-hydrogen) atoms. The molecule has 0 spiro atoms. The largest absolute Gasteiger partial charge is 3.00 e. The van der Waals surface area contributed by atoms with Crippen LogP contribution in [0.3, 0.4) is 0 Å². The number of rotatable bonds is 5. The molecule has 3 nitrogen and oxygen atoms in total. The summed E-state index contributed by atoms with van der Waals surface area (Å²) in [6.45, 7) is 7.60. The minimum absolute atomic E-state index is 0. The second-order valence-corrected chi connectivity index (χ2v) is 5.34. The first-order chi connectivity index (χ1) is 19.0.